The van der Waals surface area contributed by atoms with Gasteiger partial charge in [-0.15, -0.1) is 0 Å². The van der Waals surface area contributed by atoms with Gasteiger partial charge < -0.3 is 10.2 Å². The molecule has 0 radical (unpaired) electrons. The quantitative estimate of drug-likeness (QED) is 0.825. The Labute approximate surface area is 121 Å². The van der Waals surface area contributed by atoms with Crippen LogP contribution in [0.25, 0.3) is 0 Å². The van der Waals surface area contributed by atoms with Crippen molar-refractivity contribution in [3.8, 4) is 11.8 Å². The minimum absolute atomic E-state index is 0.113. The predicted molar refractivity (Wildman–Crippen MR) is 80.1 cm³/mol. The summed E-state index contributed by atoms with van der Waals surface area (Å²) in [5.74, 6) is 5.60. The van der Waals surface area contributed by atoms with E-state index in [4.69, 9.17) is 5.11 Å². The summed E-state index contributed by atoms with van der Waals surface area (Å²) < 4.78 is 0. The number of likely N-dealkylation sites (N-methyl/N-ethyl adjacent to an activating group) is 1. The predicted octanol–water partition coefficient (Wildman–Crippen LogP) is 1.77. The lowest BCUT2D eigenvalue weighted by atomic mass is 9.91. The molecule has 0 spiro atoms. The van der Waals surface area contributed by atoms with Crippen molar-refractivity contribution < 1.29 is 10.2 Å². The number of benzene rings is 1. The van der Waals surface area contributed by atoms with Crippen LogP contribution in [0.3, 0.4) is 0 Å². The Morgan fingerprint density at radius 3 is 2.85 bits per heavy atom. The van der Waals surface area contributed by atoms with Crippen LogP contribution in [-0.2, 0) is 6.54 Å². The van der Waals surface area contributed by atoms with Gasteiger partial charge in [0.05, 0.1) is 6.10 Å². The summed E-state index contributed by atoms with van der Waals surface area (Å²) in [6.45, 7) is 0.703. The number of nitrogens with zero attached hydrogens (tertiary/aromatic N) is 1. The Morgan fingerprint density at radius 1 is 1.30 bits per heavy atom. The van der Waals surface area contributed by atoms with Gasteiger partial charge in [-0.2, -0.15) is 0 Å². The van der Waals surface area contributed by atoms with E-state index in [1.807, 2.05) is 18.2 Å². The molecule has 3 heteroatoms. The van der Waals surface area contributed by atoms with E-state index in [9.17, 15) is 5.11 Å². The molecule has 0 saturated heterocycles. The second-order valence-electron chi connectivity index (χ2n) is 5.49. The first-order valence-electron chi connectivity index (χ1n) is 7.27. The lowest BCUT2D eigenvalue weighted by Gasteiger charge is -2.35. The zero-order valence-corrected chi connectivity index (χ0v) is 12.0. The fourth-order valence-corrected chi connectivity index (χ4v) is 2.90. The van der Waals surface area contributed by atoms with E-state index >= 15 is 0 Å². The molecule has 2 atom stereocenters. The maximum absolute atomic E-state index is 10.1. The summed E-state index contributed by atoms with van der Waals surface area (Å²) >= 11 is 0. The van der Waals surface area contributed by atoms with Crippen LogP contribution in [0.5, 0.6) is 0 Å². The lowest BCUT2D eigenvalue weighted by Crippen LogP contribution is -2.42. The zero-order valence-electron chi connectivity index (χ0n) is 12.0. The molecule has 0 heterocycles. The molecule has 3 nitrogen and oxygen atoms in total. The van der Waals surface area contributed by atoms with Crippen molar-refractivity contribution in [2.75, 3.05) is 13.7 Å². The van der Waals surface area contributed by atoms with Crippen LogP contribution in [0.4, 0.5) is 0 Å². The Bertz CT molecular complexity index is 489. The molecular formula is C17H23NO2. The molecule has 2 unspecified atom stereocenters. The topological polar surface area (TPSA) is 43.7 Å². The zero-order chi connectivity index (χ0) is 14.4. The second kappa shape index (κ2) is 7.44. The molecule has 0 amide bonds. The van der Waals surface area contributed by atoms with Crippen LogP contribution in [0.15, 0.2) is 24.3 Å². The number of aliphatic hydroxyl groups excluding tert-OH is 2. The largest absolute Gasteiger partial charge is 0.391 e. The average molecular weight is 273 g/mol. The first-order chi connectivity index (χ1) is 9.70. The van der Waals surface area contributed by atoms with Crippen LogP contribution in [0, 0.1) is 11.8 Å². The van der Waals surface area contributed by atoms with Crippen LogP contribution in [0.1, 0.15) is 36.8 Å². The monoisotopic (exact) mass is 273 g/mol. The van der Waals surface area contributed by atoms with Crippen molar-refractivity contribution in [2.45, 2.75) is 44.4 Å². The van der Waals surface area contributed by atoms with Crippen molar-refractivity contribution in [1.82, 2.24) is 4.90 Å². The highest BCUT2D eigenvalue weighted by Crippen LogP contribution is 2.23. The van der Waals surface area contributed by atoms with Crippen LogP contribution >= 0.6 is 0 Å². The third-order valence-corrected chi connectivity index (χ3v) is 3.93. The van der Waals surface area contributed by atoms with Gasteiger partial charge in [0.25, 0.3) is 0 Å². The SMILES string of the molecule is CN(Cc1cccc(C#CCO)c1)C1CCCCC1O. The number of rotatable bonds is 3. The van der Waals surface area contributed by atoms with E-state index in [0.717, 1.165) is 31.4 Å². The van der Waals surface area contributed by atoms with Gasteiger partial charge in [0.1, 0.15) is 6.61 Å². The molecule has 108 valence electrons. The molecule has 1 fully saturated rings. The van der Waals surface area contributed by atoms with E-state index in [2.05, 4.69) is 29.9 Å². The summed E-state index contributed by atoms with van der Waals surface area (Å²) in [6, 6.07) is 8.32. The molecule has 2 N–H and O–H groups in total. The third-order valence-electron chi connectivity index (χ3n) is 3.93. The smallest absolute Gasteiger partial charge is 0.104 e. The standard InChI is InChI=1S/C17H23NO2/c1-18(16-9-2-3-10-17(16)20)13-15-7-4-6-14(12-15)8-5-11-19/h4,6-7,12,16-17,19-20H,2-3,9-11,13H2,1H3. The highest BCUT2D eigenvalue weighted by Gasteiger charge is 2.26. The highest BCUT2D eigenvalue weighted by molar-refractivity contribution is 5.37. The first kappa shape index (κ1) is 15.1. The van der Waals surface area contributed by atoms with Gasteiger partial charge >= 0.3 is 0 Å². The molecule has 1 aromatic rings. The Kier molecular flexibility index (Phi) is 5.60. The van der Waals surface area contributed by atoms with Gasteiger partial charge in [0, 0.05) is 18.2 Å². The molecule has 2 rings (SSSR count). The molecule has 1 aliphatic rings. The first-order valence-corrected chi connectivity index (χ1v) is 7.27. The van der Waals surface area contributed by atoms with Crippen molar-refractivity contribution in [3.63, 3.8) is 0 Å². The molecule has 0 bridgehead atoms. The number of hydrogen-bond acceptors (Lipinski definition) is 3. The minimum atomic E-state index is -0.203. The van der Waals surface area contributed by atoms with Crippen molar-refractivity contribution in [3.05, 3.63) is 35.4 Å². The van der Waals surface area contributed by atoms with E-state index < -0.39 is 0 Å². The van der Waals surface area contributed by atoms with E-state index in [-0.39, 0.29) is 18.8 Å². The molecule has 0 aromatic heterocycles. The molecule has 1 aromatic carbocycles. The van der Waals surface area contributed by atoms with E-state index in [1.54, 1.807) is 0 Å². The molecular weight excluding hydrogens is 250 g/mol. The van der Waals surface area contributed by atoms with Crippen molar-refractivity contribution in [1.29, 1.82) is 0 Å². The summed E-state index contributed by atoms with van der Waals surface area (Å²) in [7, 11) is 2.07. The van der Waals surface area contributed by atoms with Crippen molar-refractivity contribution >= 4 is 0 Å². The van der Waals surface area contributed by atoms with Crippen LogP contribution in [0.2, 0.25) is 0 Å². The Balaban J connectivity index is 2.01. The van der Waals surface area contributed by atoms with E-state index in [0.29, 0.717) is 0 Å². The van der Waals surface area contributed by atoms with E-state index in [1.165, 1.54) is 12.0 Å². The van der Waals surface area contributed by atoms with Crippen LogP contribution in [-0.4, -0.2) is 40.9 Å². The normalized spacial score (nSPS) is 22.4. The maximum atomic E-state index is 10.1. The lowest BCUT2D eigenvalue weighted by molar-refractivity contribution is 0.0288. The third kappa shape index (κ3) is 4.08. The highest BCUT2D eigenvalue weighted by atomic mass is 16.3. The van der Waals surface area contributed by atoms with Gasteiger partial charge in [-0.1, -0.05) is 36.8 Å². The van der Waals surface area contributed by atoms with Gasteiger partial charge in [-0.25, -0.2) is 0 Å². The second-order valence-corrected chi connectivity index (χ2v) is 5.49. The fraction of sp³-hybridized carbons (Fsp3) is 0.529. The Hall–Kier alpha value is -1.34. The average Bonchev–Trinajstić information content (AvgIpc) is 2.46. The number of aliphatic hydroxyl groups is 2. The van der Waals surface area contributed by atoms with Gasteiger partial charge in [-0.05, 0) is 37.6 Å². The maximum Gasteiger partial charge on any atom is 0.104 e. The summed E-state index contributed by atoms with van der Waals surface area (Å²) in [5.41, 5.74) is 2.11. The molecule has 0 aliphatic heterocycles. The van der Waals surface area contributed by atoms with Gasteiger partial charge in [0.2, 0.25) is 0 Å². The van der Waals surface area contributed by atoms with Crippen molar-refractivity contribution in [2.24, 2.45) is 0 Å². The fourth-order valence-electron chi connectivity index (χ4n) is 2.90. The molecule has 1 saturated carbocycles. The summed E-state index contributed by atoms with van der Waals surface area (Å²) in [5, 5.41) is 18.8. The molecule has 1 aliphatic carbocycles. The number of hydrogen-bond donors (Lipinski definition) is 2. The van der Waals surface area contributed by atoms with Crippen LogP contribution < -0.4 is 0 Å². The summed E-state index contributed by atoms with van der Waals surface area (Å²) in [4.78, 5) is 2.24. The molecule has 20 heavy (non-hydrogen) atoms. The Morgan fingerprint density at radius 2 is 2.10 bits per heavy atom. The van der Waals surface area contributed by atoms with Gasteiger partial charge in [-0.3, -0.25) is 4.90 Å². The minimum Gasteiger partial charge on any atom is -0.391 e. The summed E-state index contributed by atoms with van der Waals surface area (Å²) in [6.07, 6.45) is 4.12. The van der Waals surface area contributed by atoms with Gasteiger partial charge in [0.15, 0.2) is 0 Å².